The van der Waals surface area contributed by atoms with Gasteiger partial charge in [0.15, 0.2) is 11.7 Å². The summed E-state index contributed by atoms with van der Waals surface area (Å²) in [5.74, 6) is 2.22. The fraction of sp³-hybridized carbons (Fsp3) is 0.538. The Kier molecular flexibility index (Phi) is 4.15. The summed E-state index contributed by atoms with van der Waals surface area (Å²) in [6.45, 7) is 6.30. The molecule has 18 heavy (non-hydrogen) atoms. The molecule has 2 rings (SSSR count). The van der Waals surface area contributed by atoms with E-state index in [1.165, 1.54) is 0 Å². The third kappa shape index (κ3) is 3.43. The van der Waals surface area contributed by atoms with Crippen molar-refractivity contribution >= 4 is 0 Å². The van der Waals surface area contributed by atoms with Crippen LogP contribution in [0.5, 0.6) is 0 Å². The second kappa shape index (κ2) is 5.82. The zero-order valence-corrected chi connectivity index (χ0v) is 11.2. The van der Waals surface area contributed by atoms with Crippen molar-refractivity contribution in [3.8, 4) is 11.3 Å². The van der Waals surface area contributed by atoms with Crippen molar-refractivity contribution in [2.75, 3.05) is 13.1 Å². The van der Waals surface area contributed by atoms with Crippen molar-refractivity contribution < 1.29 is 4.42 Å². The molecule has 0 saturated carbocycles. The SMILES string of the molecule is CC(C)CNCCc1ncc(-c2cnn(C)c2)o1. The van der Waals surface area contributed by atoms with Crippen LogP contribution in [-0.4, -0.2) is 27.9 Å². The van der Waals surface area contributed by atoms with E-state index in [2.05, 4.69) is 29.2 Å². The highest BCUT2D eigenvalue weighted by molar-refractivity contribution is 5.53. The quantitative estimate of drug-likeness (QED) is 0.793. The van der Waals surface area contributed by atoms with Gasteiger partial charge in [0, 0.05) is 26.2 Å². The van der Waals surface area contributed by atoms with Crippen LogP contribution in [-0.2, 0) is 13.5 Å². The average Bonchev–Trinajstić information content (AvgIpc) is 2.93. The smallest absolute Gasteiger partial charge is 0.196 e. The number of hydrogen-bond donors (Lipinski definition) is 1. The molecule has 98 valence electrons. The van der Waals surface area contributed by atoms with Gasteiger partial charge in [0.2, 0.25) is 0 Å². The number of oxazole rings is 1. The minimum atomic E-state index is 0.667. The van der Waals surface area contributed by atoms with Crippen LogP contribution in [0.3, 0.4) is 0 Å². The van der Waals surface area contributed by atoms with E-state index < -0.39 is 0 Å². The fourth-order valence-corrected chi connectivity index (χ4v) is 1.69. The van der Waals surface area contributed by atoms with E-state index in [0.717, 1.165) is 36.7 Å². The van der Waals surface area contributed by atoms with Crippen LogP contribution in [0.25, 0.3) is 11.3 Å². The van der Waals surface area contributed by atoms with E-state index in [1.807, 2.05) is 13.2 Å². The first-order valence-corrected chi connectivity index (χ1v) is 6.29. The summed E-state index contributed by atoms with van der Waals surface area (Å²) in [5, 5.41) is 7.48. The highest BCUT2D eigenvalue weighted by Crippen LogP contribution is 2.19. The predicted octanol–water partition coefficient (Wildman–Crippen LogP) is 1.86. The van der Waals surface area contributed by atoms with Crippen LogP contribution in [0, 0.1) is 5.92 Å². The van der Waals surface area contributed by atoms with Gasteiger partial charge in [0.05, 0.1) is 18.0 Å². The molecule has 0 aliphatic heterocycles. The largest absolute Gasteiger partial charge is 0.441 e. The highest BCUT2D eigenvalue weighted by atomic mass is 16.4. The van der Waals surface area contributed by atoms with E-state index in [9.17, 15) is 0 Å². The Hall–Kier alpha value is -1.62. The summed E-state index contributed by atoms with van der Waals surface area (Å²) < 4.78 is 7.44. The topological polar surface area (TPSA) is 55.9 Å². The lowest BCUT2D eigenvalue weighted by molar-refractivity contribution is 0.483. The number of hydrogen-bond acceptors (Lipinski definition) is 4. The lowest BCUT2D eigenvalue weighted by Crippen LogP contribution is -2.22. The highest BCUT2D eigenvalue weighted by Gasteiger charge is 2.07. The van der Waals surface area contributed by atoms with Crippen LogP contribution in [0.15, 0.2) is 23.0 Å². The van der Waals surface area contributed by atoms with E-state index in [-0.39, 0.29) is 0 Å². The molecule has 0 aromatic carbocycles. The summed E-state index contributed by atoms with van der Waals surface area (Å²) in [4.78, 5) is 4.27. The van der Waals surface area contributed by atoms with Crippen molar-refractivity contribution in [2.45, 2.75) is 20.3 Å². The molecule has 0 aliphatic rings. The molecule has 0 amide bonds. The maximum Gasteiger partial charge on any atom is 0.196 e. The van der Waals surface area contributed by atoms with Gasteiger partial charge in [-0.2, -0.15) is 5.10 Å². The lowest BCUT2D eigenvalue weighted by atomic mass is 10.2. The zero-order valence-electron chi connectivity index (χ0n) is 11.2. The summed E-state index contributed by atoms with van der Waals surface area (Å²) >= 11 is 0. The number of aromatic nitrogens is 3. The van der Waals surface area contributed by atoms with Gasteiger partial charge < -0.3 is 9.73 Å². The maximum absolute atomic E-state index is 5.69. The van der Waals surface area contributed by atoms with E-state index in [0.29, 0.717) is 5.92 Å². The Labute approximate surface area is 107 Å². The molecule has 2 aromatic rings. The molecular weight excluding hydrogens is 228 g/mol. The molecule has 0 fully saturated rings. The summed E-state index contributed by atoms with van der Waals surface area (Å²) in [6.07, 6.45) is 6.27. The van der Waals surface area contributed by atoms with Crippen molar-refractivity contribution in [1.82, 2.24) is 20.1 Å². The normalized spacial score (nSPS) is 11.3. The Balaban J connectivity index is 1.86. The predicted molar refractivity (Wildman–Crippen MR) is 70.1 cm³/mol. The lowest BCUT2D eigenvalue weighted by Gasteiger charge is -2.05. The van der Waals surface area contributed by atoms with Crippen LogP contribution in [0.4, 0.5) is 0 Å². The number of nitrogens with one attached hydrogen (secondary N) is 1. The van der Waals surface area contributed by atoms with Gasteiger partial charge in [-0.05, 0) is 12.5 Å². The number of rotatable bonds is 6. The molecular formula is C13H20N4O. The van der Waals surface area contributed by atoms with E-state index in [4.69, 9.17) is 4.42 Å². The third-order valence-electron chi connectivity index (χ3n) is 2.61. The molecule has 0 unspecified atom stereocenters. The second-order valence-corrected chi connectivity index (χ2v) is 4.87. The van der Waals surface area contributed by atoms with Crippen molar-refractivity contribution in [3.63, 3.8) is 0 Å². The van der Waals surface area contributed by atoms with Gasteiger partial charge in [-0.1, -0.05) is 13.8 Å². The molecule has 0 spiro atoms. The molecule has 5 nitrogen and oxygen atoms in total. The third-order valence-corrected chi connectivity index (χ3v) is 2.61. The number of nitrogens with zero attached hydrogens (tertiary/aromatic N) is 3. The van der Waals surface area contributed by atoms with Crippen LogP contribution in [0.2, 0.25) is 0 Å². The first-order valence-electron chi connectivity index (χ1n) is 6.29. The Morgan fingerprint density at radius 3 is 2.89 bits per heavy atom. The fourth-order valence-electron chi connectivity index (χ4n) is 1.69. The van der Waals surface area contributed by atoms with Gasteiger partial charge in [0.1, 0.15) is 0 Å². The molecule has 1 N–H and O–H groups in total. The molecule has 0 saturated heterocycles. The summed E-state index contributed by atoms with van der Waals surface area (Å²) in [7, 11) is 1.89. The Bertz CT molecular complexity index is 487. The molecule has 0 atom stereocenters. The van der Waals surface area contributed by atoms with Gasteiger partial charge in [-0.3, -0.25) is 4.68 Å². The molecule has 0 aliphatic carbocycles. The summed E-state index contributed by atoms with van der Waals surface area (Å²) in [6, 6.07) is 0. The van der Waals surface area contributed by atoms with E-state index >= 15 is 0 Å². The minimum absolute atomic E-state index is 0.667. The first-order chi connectivity index (χ1) is 8.65. The van der Waals surface area contributed by atoms with Gasteiger partial charge >= 0.3 is 0 Å². The van der Waals surface area contributed by atoms with Crippen LogP contribution < -0.4 is 5.32 Å². The van der Waals surface area contributed by atoms with Crippen LogP contribution in [0.1, 0.15) is 19.7 Å². The second-order valence-electron chi connectivity index (χ2n) is 4.87. The molecule has 2 aromatic heterocycles. The average molecular weight is 248 g/mol. The van der Waals surface area contributed by atoms with Gasteiger partial charge in [0.25, 0.3) is 0 Å². The van der Waals surface area contributed by atoms with Crippen LogP contribution >= 0.6 is 0 Å². The van der Waals surface area contributed by atoms with E-state index in [1.54, 1.807) is 17.1 Å². The van der Waals surface area contributed by atoms with Gasteiger partial charge in [-0.25, -0.2) is 4.98 Å². The van der Waals surface area contributed by atoms with Crippen molar-refractivity contribution in [2.24, 2.45) is 13.0 Å². The Morgan fingerprint density at radius 1 is 1.39 bits per heavy atom. The monoisotopic (exact) mass is 248 g/mol. The molecule has 2 heterocycles. The minimum Gasteiger partial charge on any atom is -0.441 e. The first kappa shape index (κ1) is 12.8. The number of aryl methyl sites for hydroxylation is 1. The molecule has 5 heteroatoms. The molecule has 0 radical (unpaired) electrons. The van der Waals surface area contributed by atoms with Gasteiger partial charge in [-0.15, -0.1) is 0 Å². The maximum atomic E-state index is 5.69. The zero-order chi connectivity index (χ0) is 13.0. The summed E-state index contributed by atoms with van der Waals surface area (Å²) in [5.41, 5.74) is 0.964. The molecule has 0 bridgehead atoms. The standard InChI is InChI=1S/C13H20N4O/c1-10(2)6-14-5-4-13-15-8-12(18-13)11-7-16-17(3)9-11/h7-10,14H,4-6H2,1-3H3. The van der Waals surface area contributed by atoms with Crippen molar-refractivity contribution in [3.05, 3.63) is 24.5 Å². The van der Waals surface area contributed by atoms with Crippen molar-refractivity contribution in [1.29, 1.82) is 0 Å². The Morgan fingerprint density at radius 2 is 2.22 bits per heavy atom.